The van der Waals surface area contributed by atoms with Crippen LogP contribution in [0.4, 0.5) is 10.6 Å². The molecule has 1 fully saturated rings. The van der Waals surface area contributed by atoms with Crippen molar-refractivity contribution in [1.82, 2.24) is 9.97 Å². The van der Waals surface area contributed by atoms with E-state index in [-0.39, 0.29) is 5.75 Å². The molecule has 4 N–H and O–H groups in total. The normalized spacial score (nSPS) is 14.1. The van der Waals surface area contributed by atoms with Crippen LogP contribution in [0.1, 0.15) is 49.4 Å². The van der Waals surface area contributed by atoms with Gasteiger partial charge in [0.1, 0.15) is 22.2 Å². The number of thiophene rings is 1. The molecule has 7 nitrogen and oxygen atoms in total. The second-order valence-corrected chi connectivity index (χ2v) is 9.40. The summed E-state index contributed by atoms with van der Waals surface area (Å²) in [4.78, 5) is 19.6. The molecule has 33 heavy (non-hydrogen) atoms. The molecule has 0 unspecified atom stereocenters. The molecular formula is C24H24ClN3O4S. The fourth-order valence-corrected chi connectivity index (χ4v) is 5.44. The molecule has 172 valence electrons. The van der Waals surface area contributed by atoms with Crippen LogP contribution >= 0.6 is 22.9 Å². The van der Waals surface area contributed by atoms with Crippen LogP contribution in [0.5, 0.6) is 5.75 Å². The Balaban J connectivity index is 0.000000601. The van der Waals surface area contributed by atoms with E-state index in [2.05, 4.69) is 29.6 Å². The van der Waals surface area contributed by atoms with Gasteiger partial charge in [-0.1, -0.05) is 55.1 Å². The summed E-state index contributed by atoms with van der Waals surface area (Å²) in [6.45, 7) is 0.584. The lowest BCUT2D eigenvalue weighted by atomic mass is 9.88. The average molecular weight is 486 g/mol. The minimum atomic E-state index is -1.83. The third-order valence-electron chi connectivity index (χ3n) is 5.70. The van der Waals surface area contributed by atoms with Gasteiger partial charge < -0.3 is 20.6 Å². The first kappa shape index (κ1) is 23.1. The van der Waals surface area contributed by atoms with Gasteiger partial charge in [0.15, 0.2) is 0 Å². The van der Waals surface area contributed by atoms with E-state index in [1.165, 1.54) is 42.2 Å². The maximum Gasteiger partial charge on any atom is 0.503 e. The lowest BCUT2D eigenvalue weighted by Crippen LogP contribution is -2.11. The Bertz CT molecular complexity index is 1280. The first-order valence-electron chi connectivity index (χ1n) is 10.7. The van der Waals surface area contributed by atoms with E-state index in [9.17, 15) is 5.11 Å². The van der Waals surface area contributed by atoms with Gasteiger partial charge in [-0.15, -0.1) is 11.3 Å². The summed E-state index contributed by atoms with van der Waals surface area (Å²) in [5.74, 6) is 2.40. The number of carboxylic acid groups (broad SMARTS) is 2. The highest BCUT2D eigenvalue weighted by molar-refractivity contribution is 7.25. The zero-order valence-corrected chi connectivity index (χ0v) is 19.4. The van der Waals surface area contributed by atoms with Gasteiger partial charge in [0.25, 0.3) is 0 Å². The lowest BCUT2D eigenvalue weighted by molar-refractivity contribution is 0.137. The molecule has 0 saturated heterocycles. The monoisotopic (exact) mass is 485 g/mol. The topological polar surface area (TPSA) is 116 Å². The fourth-order valence-electron chi connectivity index (χ4n) is 4.16. The maximum atomic E-state index is 9.67. The van der Waals surface area contributed by atoms with Crippen molar-refractivity contribution in [3.63, 3.8) is 0 Å². The molecule has 2 heterocycles. The summed E-state index contributed by atoms with van der Waals surface area (Å²) in [6.07, 6.45) is 4.33. The van der Waals surface area contributed by atoms with E-state index in [1.54, 1.807) is 23.5 Å². The molecule has 0 amide bonds. The van der Waals surface area contributed by atoms with Crippen LogP contribution in [0.15, 0.2) is 42.5 Å². The van der Waals surface area contributed by atoms with Crippen molar-refractivity contribution in [1.29, 1.82) is 0 Å². The number of phenols is 1. The van der Waals surface area contributed by atoms with Gasteiger partial charge in [-0.25, -0.2) is 14.8 Å². The molecule has 1 aliphatic rings. The molecule has 0 atom stereocenters. The number of hydrogen-bond acceptors (Lipinski definition) is 6. The van der Waals surface area contributed by atoms with Gasteiger partial charge >= 0.3 is 6.16 Å². The number of phenolic OH excluding ortho intramolecular Hbond substituents is 1. The van der Waals surface area contributed by atoms with E-state index in [4.69, 9.17) is 36.6 Å². The van der Waals surface area contributed by atoms with Crippen molar-refractivity contribution >= 4 is 55.2 Å². The third-order valence-corrected chi connectivity index (χ3v) is 7.07. The lowest BCUT2D eigenvalue weighted by Gasteiger charge is -2.21. The standard InChI is InChI=1S/C23H22ClN3OS.CH2O3/c24-17-12-14(10-11-18(17)28)13-25-22-20-16-8-4-5-9-19(16)29-23(20)27-21(26-22)15-6-2-1-3-7-15;2-1(3)4/h4-5,8-12,15,28H,1-3,6-7,13H2,(H,25,26,27);(H2,2,3,4). The van der Waals surface area contributed by atoms with Crippen LogP contribution in [0.2, 0.25) is 5.02 Å². The van der Waals surface area contributed by atoms with Crippen LogP contribution in [0.3, 0.4) is 0 Å². The Hall–Kier alpha value is -3.10. The third kappa shape index (κ3) is 5.46. The number of hydrogen-bond donors (Lipinski definition) is 4. The number of nitrogens with zero attached hydrogens (tertiary/aromatic N) is 2. The number of nitrogens with one attached hydrogen (secondary N) is 1. The quantitative estimate of drug-likeness (QED) is 0.244. The first-order chi connectivity index (χ1) is 15.9. The highest BCUT2D eigenvalue weighted by Gasteiger charge is 2.21. The van der Waals surface area contributed by atoms with Gasteiger partial charge in [0.2, 0.25) is 0 Å². The SMILES string of the molecule is O=C(O)O.Oc1ccc(CNc2nc(C3CCCCC3)nc3sc4ccccc4c23)cc1Cl. The molecule has 0 radical (unpaired) electrons. The first-order valence-corrected chi connectivity index (χ1v) is 11.9. The maximum absolute atomic E-state index is 9.67. The summed E-state index contributed by atoms with van der Waals surface area (Å²) < 4.78 is 1.23. The number of anilines is 1. The van der Waals surface area contributed by atoms with Crippen molar-refractivity contribution < 1.29 is 20.1 Å². The second kappa shape index (κ2) is 10.2. The number of carbonyl (C=O) groups is 1. The fraction of sp³-hybridized carbons (Fsp3) is 0.292. The van der Waals surface area contributed by atoms with Crippen molar-refractivity contribution in [3.8, 4) is 5.75 Å². The number of fused-ring (bicyclic) bond motifs is 3. The Morgan fingerprint density at radius 1 is 1.09 bits per heavy atom. The Labute approximate surface area is 199 Å². The summed E-state index contributed by atoms with van der Waals surface area (Å²) in [5.41, 5.74) is 0.998. The molecular weight excluding hydrogens is 462 g/mol. The Kier molecular flexibility index (Phi) is 7.15. The number of rotatable bonds is 4. The van der Waals surface area contributed by atoms with E-state index in [1.807, 2.05) is 6.07 Å². The smallest absolute Gasteiger partial charge is 0.503 e. The van der Waals surface area contributed by atoms with E-state index in [0.717, 1.165) is 27.4 Å². The second-order valence-electron chi connectivity index (χ2n) is 7.97. The van der Waals surface area contributed by atoms with Gasteiger partial charge in [0, 0.05) is 22.5 Å². The Morgan fingerprint density at radius 2 is 1.82 bits per heavy atom. The average Bonchev–Trinajstić information content (AvgIpc) is 3.18. The molecule has 5 rings (SSSR count). The van der Waals surface area contributed by atoms with Crippen LogP contribution in [-0.4, -0.2) is 31.4 Å². The molecule has 0 spiro atoms. The van der Waals surface area contributed by atoms with Crippen molar-refractivity contribution in [3.05, 3.63) is 58.9 Å². The van der Waals surface area contributed by atoms with Gasteiger partial charge in [0.05, 0.1) is 10.4 Å². The highest BCUT2D eigenvalue weighted by atomic mass is 35.5. The minimum Gasteiger partial charge on any atom is -0.506 e. The summed E-state index contributed by atoms with van der Waals surface area (Å²) >= 11 is 7.81. The molecule has 0 bridgehead atoms. The van der Waals surface area contributed by atoms with Gasteiger partial charge in [-0.3, -0.25) is 0 Å². The molecule has 0 aliphatic heterocycles. The Morgan fingerprint density at radius 3 is 2.55 bits per heavy atom. The zero-order valence-electron chi connectivity index (χ0n) is 17.8. The number of halogens is 1. The van der Waals surface area contributed by atoms with Gasteiger partial charge in [-0.2, -0.15) is 0 Å². The van der Waals surface area contributed by atoms with Crippen LogP contribution in [0, 0.1) is 0 Å². The molecule has 4 aromatic rings. The largest absolute Gasteiger partial charge is 0.506 e. The molecule has 2 aromatic carbocycles. The number of aromatic nitrogens is 2. The van der Waals surface area contributed by atoms with E-state index >= 15 is 0 Å². The van der Waals surface area contributed by atoms with Crippen LogP contribution in [-0.2, 0) is 6.54 Å². The molecule has 9 heteroatoms. The molecule has 1 aliphatic carbocycles. The zero-order chi connectivity index (χ0) is 23.4. The van der Waals surface area contributed by atoms with E-state index < -0.39 is 6.16 Å². The predicted octanol–water partition coefficient (Wildman–Crippen LogP) is 7.09. The molecule has 1 saturated carbocycles. The van der Waals surface area contributed by atoms with Crippen molar-refractivity contribution in [2.75, 3.05) is 5.32 Å². The van der Waals surface area contributed by atoms with Gasteiger partial charge in [-0.05, 0) is 36.6 Å². The number of aromatic hydroxyl groups is 1. The van der Waals surface area contributed by atoms with E-state index in [0.29, 0.717) is 17.5 Å². The highest BCUT2D eigenvalue weighted by Crippen LogP contribution is 2.39. The summed E-state index contributed by atoms with van der Waals surface area (Å²) in [5, 5.41) is 29.8. The number of benzene rings is 2. The summed E-state index contributed by atoms with van der Waals surface area (Å²) in [6, 6.07) is 13.7. The molecule has 2 aromatic heterocycles. The predicted molar refractivity (Wildman–Crippen MR) is 132 cm³/mol. The van der Waals surface area contributed by atoms with Crippen molar-refractivity contribution in [2.45, 2.75) is 44.6 Å². The minimum absolute atomic E-state index is 0.100. The van der Waals surface area contributed by atoms with Crippen LogP contribution < -0.4 is 5.32 Å². The summed E-state index contributed by atoms with van der Waals surface area (Å²) in [7, 11) is 0. The van der Waals surface area contributed by atoms with Crippen molar-refractivity contribution in [2.24, 2.45) is 0 Å². The van der Waals surface area contributed by atoms with Crippen LogP contribution in [0.25, 0.3) is 20.3 Å².